The van der Waals surface area contributed by atoms with Gasteiger partial charge in [0.05, 0.1) is 17.3 Å². The van der Waals surface area contributed by atoms with Crippen LogP contribution in [-0.4, -0.2) is 35.6 Å². The van der Waals surface area contributed by atoms with Gasteiger partial charge >= 0.3 is 18.0 Å². The first-order valence-corrected chi connectivity index (χ1v) is 8.08. The van der Waals surface area contributed by atoms with E-state index in [-0.39, 0.29) is 28.4 Å². The van der Waals surface area contributed by atoms with E-state index in [4.69, 9.17) is 16.3 Å². The van der Waals surface area contributed by atoms with Crippen LogP contribution < -0.4 is 16.0 Å². The van der Waals surface area contributed by atoms with Crippen LogP contribution in [0.2, 0.25) is 5.02 Å². The maximum absolute atomic E-state index is 14.3. The highest BCUT2D eigenvalue weighted by Crippen LogP contribution is 2.30. The highest BCUT2D eigenvalue weighted by Gasteiger charge is 2.35. The standard InChI is InChI=1S/C16H13ClF4N2O6/c1-22-12(16(19,20)21)7-13(24)23(14(22)25)10-6-11(8(17)5-9(10)18)29-15(26)28-4-3-27-2/h5-7H,3-4H2,1-2H3. The van der Waals surface area contributed by atoms with Gasteiger partial charge in [-0.2, -0.15) is 13.2 Å². The molecule has 1 aromatic heterocycles. The van der Waals surface area contributed by atoms with E-state index in [0.717, 1.165) is 7.05 Å². The second-order valence-electron chi connectivity index (χ2n) is 5.47. The van der Waals surface area contributed by atoms with Gasteiger partial charge in [-0.05, 0) is 6.07 Å². The number of carbonyl (C=O) groups is 1. The van der Waals surface area contributed by atoms with E-state index >= 15 is 0 Å². The molecule has 0 saturated carbocycles. The van der Waals surface area contributed by atoms with Gasteiger partial charge in [-0.15, -0.1) is 0 Å². The predicted molar refractivity (Wildman–Crippen MR) is 91.1 cm³/mol. The molecule has 0 aliphatic carbocycles. The average molecular weight is 441 g/mol. The summed E-state index contributed by atoms with van der Waals surface area (Å²) in [5.74, 6) is -1.70. The van der Waals surface area contributed by atoms with Gasteiger partial charge in [0, 0.05) is 26.3 Å². The van der Waals surface area contributed by atoms with Gasteiger partial charge in [-0.3, -0.25) is 9.36 Å². The van der Waals surface area contributed by atoms with Crippen molar-refractivity contribution in [1.29, 1.82) is 0 Å². The zero-order valence-corrected chi connectivity index (χ0v) is 15.6. The molecular weight excluding hydrogens is 428 g/mol. The Morgan fingerprint density at radius 3 is 2.41 bits per heavy atom. The molecule has 1 heterocycles. The van der Waals surface area contributed by atoms with Gasteiger partial charge in [0.1, 0.15) is 18.1 Å². The molecule has 0 unspecified atom stereocenters. The number of nitrogens with zero attached hydrogens (tertiary/aromatic N) is 2. The summed E-state index contributed by atoms with van der Waals surface area (Å²) in [6, 6.07) is 1.47. The number of carbonyl (C=O) groups excluding carboxylic acids is 1. The molecule has 0 fully saturated rings. The highest BCUT2D eigenvalue weighted by atomic mass is 35.5. The Balaban J connectivity index is 2.54. The average Bonchev–Trinajstić information content (AvgIpc) is 2.61. The van der Waals surface area contributed by atoms with Crippen molar-refractivity contribution in [3.05, 3.63) is 55.6 Å². The van der Waals surface area contributed by atoms with E-state index in [2.05, 4.69) is 9.47 Å². The number of halogens is 5. The van der Waals surface area contributed by atoms with Gasteiger partial charge in [0.2, 0.25) is 0 Å². The number of methoxy groups -OCH3 is 1. The van der Waals surface area contributed by atoms with Crippen LogP contribution in [-0.2, 0) is 22.7 Å². The molecule has 8 nitrogen and oxygen atoms in total. The van der Waals surface area contributed by atoms with Crippen LogP contribution in [0.3, 0.4) is 0 Å². The highest BCUT2D eigenvalue weighted by molar-refractivity contribution is 6.32. The maximum Gasteiger partial charge on any atom is 0.513 e. The molecule has 1 aromatic carbocycles. The summed E-state index contributed by atoms with van der Waals surface area (Å²) >= 11 is 5.77. The largest absolute Gasteiger partial charge is 0.513 e. The topological polar surface area (TPSA) is 88.8 Å². The van der Waals surface area contributed by atoms with Crippen molar-refractivity contribution in [2.24, 2.45) is 7.05 Å². The third-order valence-electron chi connectivity index (χ3n) is 3.55. The Morgan fingerprint density at radius 2 is 1.83 bits per heavy atom. The molecule has 0 aliphatic rings. The lowest BCUT2D eigenvalue weighted by molar-refractivity contribution is -0.144. The molecule has 0 N–H and O–H groups in total. The fraction of sp³-hybridized carbons (Fsp3) is 0.312. The molecule has 13 heteroatoms. The number of benzene rings is 1. The van der Waals surface area contributed by atoms with Gasteiger partial charge in [0.15, 0.2) is 5.75 Å². The van der Waals surface area contributed by atoms with E-state index in [9.17, 15) is 31.9 Å². The van der Waals surface area contributed by atoms with Crippen LogP contribution >= 0.6 is 11.6 Å². The van der Waals surface area contributed by atoms with E-state index < -0.39 is 51.6 Å². The van der Waals surface area contributed by atoms with Crippen LogP contribution in [0, 0.1) is 5.82 Å². The molecule has 29 heavy (non-hydrogen) atoms. The first-order valence-electron chi connectivity index (χ1n) is 7.70. The lowest BCUT2D eigenvalue weighted by Gasteiger charge is -2.15. The molecule has 2 rings (SSSR count). The second-order valence-corrected chi connectivity index (χ2v) is 5.88. The van der Waals surface area contributed by atoms with Crippen molar-refractivity contribution in [2.45, 2.75) is 6.18 Å². The molecule has 2 aromatic rings. The molecule has 0 atom stereocenters. The van der Waals surface area contributed by atoms with Crippen LogP contribution in [0.1, 0.15) is 5.69 Å². The van der Waals surface area contributed by atoms with Crippen molar-refractivity contribution in [1.82, 2.24) is 9.13 Å². The summed E-state index contributed by atoms with van der Waals surface area (Å²) in [5, 5.41) is -0.410. The number of rotatable bonds is 5. The van der Waals surface area contributed by atoms with Crippen LogP contribution in [0.15, 0.2) is 27.8 Å². The number of aromatic nitrogens is 2. The smallest absolute Gasteiger partial charge is 0.432 e. The zero-order valence-electron chi connectivity index (χ0n) is 14.9. The van der Waals surface area contributed by atoms with E-state index in [0.29, 0.717) is 12.1 Å². The molecule has 0 radical (unpaired) electrons. The molecule has 0 bridgehead atoms. The first-order chi connectivity index (χ1) is 13.5. The van der Waals surface area contributed by atoms with E-state index in [1.807, 2.05) is 0 Å². The van der Waals surface area contributed by atoms with Gasteiger partial charge in [-0.25, -0.2) is 18.5 Å². The number of alkyl halides is 3. The lowest BCUT2D eigenvalue weighted by Crippen LogP contribution is -2.41. The fourth-order valence-corrected chi connectivity index (χ4v) is 2.40. The zero-order chi connectivity index (χ0) is 21.9. The Morgan fingerprint density at radius 1 is 1.17 bits per heavy atom. The van der Waals surface area contributed by atoms with Gasteiger partial charge in [0.25, 0.3) is 5.56 Å². The summed E-state index contributed by atoms with van der Waals surface area (Å²) in [6.45, 7) is -0.103. The molecule has 0 spiro atoms. The second kappa shape index (κ2) is 8.66. The van der Waals surface area contributed by atoms with Crippen molar-refractivity contribution in [3.63, 3.8) is 0 Å². The van der Waals surface area contributed by atoms with E-state index in [1.54, 1.807) is 0 Å². The van der Waals surface area contributed by atoms with Crippen LogP contribution in [0.4, 0.5) is 22.4 Å². The van der Waals surface area contributed by atoms with Crippen LogP contribution in [0.25, 0.3) is 5.69 Å². The SMILES string of the molecule is COCCOC(=O)Oc1cc(-n2c(=O)cc(C(F)(F)F)n(C)c2=O)c(F)cc1Cl. The molecule has 0 amide bonds. The summed E-state index contributed by atoms with van der Waals surface area (Å²) in [6.07, 6.45) is -6.22. The Hall–Kier alpha value is -2.86. The third kappa shape index (κ3) is 4.95. The quantitative estimate of drug-likeness (QED) is 0.307. The Labute approximate surface area is 164 Å². The number of ether oxygens (including phenoxy) is 3. The first kappa shape index (κ1) is 22.4. The summed E-state index contributed by atoms with van der Waals surface area (Å²) in [4.78, 5) is 36.0. The van der Waals surface area contributed by atoms with Gasteiger partial charge in [-0.1, -0.05) is 11.6 Å². The maximum atomic E-state index is 14.3. The number of hydrogen-bond acceptors (Lipinski definition) is 6. The van der Waals surface area contributed by atoms with Crippen LogP contribution in [0.5, 0.6) is 5.75 Å². The molecular formula is C16H13ClF4N2O6. The molecule has 0 aliphatic heterocycles. The van der Waals surface area contributed by atoms with Crippen molar-refractivity contribution in [3.8, 4) is 11.4 Å². The summed E-state index contributed by atoms with van der Waals surface area (Å²) < 4.78 is 67.5. The Kier molecular flexibility index (Phi) is 6.69. The predicted octanol–water partition coefficient (Wildman–Crippen LogP) is 2.51. The minimum absolute atomic E-state index is 0.0640. The minimum Gasteiger partial charge on any atom is -0.432 e. The minimum atomic E-state index is -4.98. The van der Waals surface area contributed by atoms with Crippen molar-refractivity contribution < 1.29 is 36.6 Å². The van der Waals surface area contributed by atoms with Crippen molar-refractivity contribution >= 4 is 17.8 Å². The number of hydrogen-bond donors (Lipinski definition) is 0. The van der Waals surface area contributed by atoms with Gasteiger partial charge < -0.3 is 14.2 Å². The van der Waals surface area contributed by atoms with E-state index in [1.165, 1.54) is 7.11 Å². The Bertz CT molecular complexity index is 1050. The fourth-order valence-electron chi connectivity index (χ4n) is 2.21. The summed E-state index contributed by atoms with van der Waals surface area (Å²) in [5.41, 5.74) is -5.21. The lowest BCUT2D eigenvalue weighted by atomic mass is 10.2. The summed E-state index contributed by atoms with van der Waals surface area (Å²) in [7, 11) is 2.12. The van der Waals surface area contributed by atoms with Crippen molar-refractivity contribution in [2.75, 3.05) is 20.3 Å². The third-order valence-corrected chi connectivity index (χ3v) is 3.85. The normalized spacial score (nSPS) is 11.4. The molecule has 0 saturated heterocycles. The monoisotopic (exact) mass is 440 g/mol. The molecule has 158 valence electrons.